The minimum absolute atomic E-state index is 0.0207. The highest BCUT2D eigenvalue weighted by molar-refractivity contribution is 6.01. The molecular formula is C17H24N2O4. The van der Waals surface area contributed by atoms with E-state index in [2.05, 4.69) is 5.16 Å². The fraction of sp³-hybridized carbons (Fsp3) is 0.529. The maximum Gasteiger partial charge on any atom is 0.224 e. The first-order valence-corrected chi connectivity index (χ1v) is 7.66. The van der Waals surface area contributed by atoms with Gasteiger partial charge in [0.25, 0.3) is 0 Å². The smallest absolute Gasteiger partial charge is 0.224 e. The van der Waals surface area contributed by atoms with Gasteiger partial charge in [-0.3, -0.25) is 4.79 Å². The Morgan fingerprint density at radius 3 is 2.65 bits per heavy atom. The summed E-state index contributed by atoms with van der Waals surface area (Å²) in [7, 11) is 5.00. The van der Waals surface area contributed by atoms with Gasteiger partial charge in [-0.15, -0.1) is 0 Å². The molecule has 1 unspecified atom stereocenters. The molecule has 0 fully saturated rings. The number of carbonyl (C=O) groups excluding carboxylic acids is 1. The number of rotatable bonds is 6. The zero-order valence-corrected chi connectivity index (χ0v) is 14.3. The molecule has 0 radical (unpaired) electrons. The molecule has 0 aliphatic carbocycles. The predicted molar refractivity (Wildman–Crippen MR) is 88.0 cm³/mol. The highest BCUT2D eigenvalue weighted by atomic mass is 16.6. The molecule has 1 aliphatic rings. The fourth-order valence-electron chi connectivity index (χ4n) is 2.55. The van der Waals surface area contributed by atoms with Crippen molar-refractivity contribution in [2.45, 2.75) is 26.4 Å². The van der Waals surface area contributed by atoms with Crippen molar-refractivity contribution in [3.63, 3.8) is 0 Å². The summed E-state index contributed by atoms with van der Waals surface area (Å²) in [6.45, 7) is 4.30. The van der Waals surface area contributed by atoms with Gasteiger partial charge < -0.3 is 19.2 Å². The predicted octanol–water partition coefficient (Wildman–Crippen LogP) is 2.31. The number of amides is 1. The maximum absolute atomic E-state index is 11.9. The van der Waals surface area contributed by atoms with Crippen LogP contribution < -0.4 is 9.47 Å². The van der Waals surface area contributed by atoms with Crippen LogP contribution in [0.5, 0.6) is 11.5 Å². The van der Waals surface area contributed by atoms with Crippen molar-refractivity contribution in [2.75, 3.05) is 27.8 Å². The Bertz CT molecular complexity index is 598. The Balaban J connectivity index is 2.01. The molecule has 1 heterocycles. The first-order chi connectivity index (χ1) is 11.0. The van der Waals surface area contributed by atoms with Crippen LogP contribution in [0.3, 0.4) is 0 Å². The summed E-state index contributed by atoms with van der Waals surface area (Å²) in [5.41, 5.74) is 1.78. The maximum atomic E-state index is 11.9. The van der Waals surface area contributed by atoms with Crippen LogP contribution in [-0.4, -0.2) is 50.4 Å². The Kier molecular flexibility index (Phi) is 5.47. The second-order valence-electron chi connectivity index (χ2n) is 5.91. The first-order valence-electron chi connectivity index (χ1n) is 7.66. The number of nitrogens with zero attached hydrogens (tertiary/aromatic N) is 2. The number of hydrogen-bond acceptors (Lipinski definition) is 5. The third-order valence-corrected chi connectivity index (χ3v) is 3.80. The molecule has 2 rings (SSSR count). The number of methoxy groups -OCH3 is 2. The zero-order valence-electron chi connectivity index (χ0n) is 14.3. The van der Waals surface area contributed by atoms with E-state index < -0.39 is 0 Å². The van der Waals surface area contributed by atoms with E-state index in [-0.39, 0.29) is 17.9 Å². The number of ether oxygens (including phenoxy) is 2. The lowest BCUT2D eigenvalue weighted by Gasteiger charge is -2.21. The molecule has 0 saturated heterocycles. The molecule has 1 aliphatic heterocycles. The number of likely N-dealkylation sites (N-methyl/N-ethyl adjacent to an activating group) is 1. The monoisotopic (exact) mass is 320 g/mol. The topological polar surface area (TPSA) is 60.4 Å². The van der Waals surface area contributed by atoms with Crippen molar-refractivity contribution in [3.05, 3.63) is 23.8 Å². The van der Waals surface area contributed by atoms with E-state index in [0.29, 0.717) is 24.5 Å². The highest BCUT2D eigenvalue weighted by Gasteiger charge is 2.26. The van der Waals surface area contributed by atoms with Crippen LogP contribution in [0.15, 0.2) is 23.4 Å². The Morgan fingerprint density at radius 2 is 2.04 bits per heavy atom. The summed E-state index contributed by atoms with van der Waals surface area (Å²) >= 11 is 0. The van der Waals surface area contributed by atoms with E-state index in [1.807, 2.05) is 32.0 Å². The Hall–Kier alpha value is -2.24. The van der Waals surface area contributed by atoms with Gasteiger partial charge in [-0.1, -0.05) is 19.0 Å². The normalized spacial score (nSPS) is 16.8. The molecule has 1 aromatic carbocycles. The molecule has 0 saturated carbocycles. The van der Waals surface area contributed by atoms with E-state index in [4.69, 9.17) is 14.3 Å². The number of benzene rings is 1. The van der Waals surface area contributed by atoms with Crippen molar-refractivity contribution < 1.29 is 19.1 Å². The van der Waals surface area contributed by atoms with Gasteiger partial charge in [0, 0.05) is 24.9 Å². The van der Waals surface area contributed by atoms with Gasteiger partial charge in [0.2, 0.25) is 5.91 Å². The van der Waals surface area contributed by atoms with Crippen molar-refractivity contribution in [2.24, 2.45) is 11.1 Å². The van der Waals surface area contributed by atoms with E-state index in [9.17, 15) is 4.79 Å². The number of carbonyl (C=O) groups is 1. The van der Waals surface area contributed by atoms with Crippen LogP contribution in [0, 0.1) is 5.92 Å². The molecule has 6 nitrogen and oxygen atoms in total. The van der Waals surface area contributed by atoms with E-state index >= 15 is 0 Å². The molecule has 1 aromatic rings. The molecule has 6 heteroatoms. The van der Waals surface area contributed by atoms with Crippen LogP contribution in [0.1, 0.15) is 25.8 Å². The number of hydrogen-bond donors (Lipinski definition) is 0. The fourth-order valence-corrected chi connectivity index (χ4v) is 2.55. The van der Waals surface area contributed by atoms with Gasteiger partial charge in [0.1, 0.15) is 0 Å². The number of oxime groups is 1. The molecule has 126 valence electrons. The molecule has 0 N–H and O–H groups in total. The summed E-state index contributed by atoms with van der Waals surface area (Å²) in [6, 6.07) is 5.65. The Morgan fingerprint density at radius 1 is 1.35 bits per heavy atom. The minimum Gasteiger partial charge on any atom is -0.493 e. The largest absolute Gasteiger partial charge is 0.493 e. The van der Waals surface area contributed by atoms with Gasteiger partial charge in [-0.25, -0.2) is 0 Å². The second-order valence-corrected chi connectivity index (χ2v) is 5.91. The van der Waals surface area contributed by atoms with E-state index in [1.54, 1.807) is 26.2 Å². The van der Waals surface area contributed by atoms with Gasteiger partial charge >= 0.3 is 0 Å². The van der Waals surface area contributed by atoms with Gasteiger partial charge in [0.15, 0.2) is 17.6 Å². The summed E-state index contributed by atoms with van der Waals surface area (Å²) in [5.74, 6) is 1.42. The zero-order chi connectivity index (χ0) is 17.0. The van der Waals surface area contributed by atoms with E-state index in [1.165, 1.54) is 0 Å². The molecule has 0 aromatic heterocycles. The molecular weight excluding hydrogens is 296 g/mol. The minimum atomic E-state index is -0.120. The summed E-state index contributed by atoms with van der Waals surface area (Å²) in [4.78, 5) is 19.1. The van der Waals surface area contributed by atoms with Crippen LogP contribution in [0.2, 0.25) is 0 Å². The lowest BCUT2D eigenvalue weighted by Crippen LogP contribution is -2.36. The van der Waals surface area contributed by atoms with E-state index in [0.717, 1.165) is 11.3 Å². The summed E-state index contributed by atoms with van der Waals surface area (Å²) < 4.78 is 10.5. The first kappa shape index (κ1) is 17.1. The quantitative estimate of drug-likeness (QED) is 0.807. The standard InChI is InChI=1S/C17H24N2O4/c1-11(2)17(20)19(3)10-13-9-14(18-23-13)12-6-7-15(21-4)16(8-12)22-5/h6-8,11,13H,9-10H2,1-5H3. The van der Waals surface area contributed by atoms with Gasteiger partial charge in [-0.05, 0) is 18.2 Å². The molecule has 1 amide bonds. The van der Waals surface area contributed by atoms with Crippen LogP contribution >= 0.6 is 0 Å². The lowest BCUT2D eigenvalue weighted by molar-refractivity contribution is -0.134. The van der Waals surface area contributed by atoms with Crippen LogP contribution in [-0.2, 0) is 9.63 Å². The Labute approximate surface area is 137 Å². The van der Waals surface area contributed by atoms with Crippen LogP contribution in [0.4, 0.5) is 0 Å². The van der Waals surface area contributed by atoms with Crippen LogP contribution in [0.25, 0.3) is 0 Å². The van der Waals surface area contributed by atoms with Crippen molar-refractivity contribution in [1.29, 1.82) is 0 Å². The van der Waals surface area contributed by atoms with Crippen molar-refractivity contribution in [1.82, 2.24) is 4.90 Å². The average Bonchev–Trinajstić information content (AvgIpc) is 3.01. The third kappa shape index (κ3) is 3.94. The molecule has 1 atom stereocenters. The van der Waals surface area contributed by atoms with Gasteiger partial charge in [0.05, 0.1) is 26.5 Å². The summed E-state index contributed by atoms with van der Waals surface area (Å²) in [5, 5.41) is 4.16. The summed E-state index contributed by atoms with van der Waals surface area (Å²) in [6.07, 6.45) is 0.538. The second kappa shape index (κ2) is 7.35. The van der Waals surface area contributed by atoms with Gasteiger partial charge in [-0.2, -0.15) is 0 Å². The lowest BCUT2D eigenvalue weighted by atomic mass is 10.0. The highest BCUT2D eigenvalue weighted by Crippen LogP contribution is 2.29. The van der Waals surface area contributed by atoms with Crippen molar-refractivity contribution in [3.8, 4) is 11.5 Å². The third-order valence-electron chi connectivity index (χ3n) is 3.80. The molecule has 0 bridgehead atoms. The molecule has 0 spiro atoms. The molecule has 23 heavy (non-hydrogen) atoms. The van der Waals surface area contributed by atoms with Crippen molar-refractivity contribution >= 4 is 11.6 Å². The SMILES string of the molecule is COc1ccc(C2=NOC(CN(C)C(=O)C(C)C)C2)cc1OC. The average molecular weight is 320 g/mol.